The Labute approximate surface area is 132 Å². The fraction of sp³-hybridized carbons (Fsp3) is 0.143. The zero-order valence-electron chi connectivity index (χ0n) is 11.2. The van der Waals surface area contributed by atoms with Gasteiger partial charge in [0.2, 0.25) is 0 Å². The summed E-state index contributed by atoms with van der Waals surface area (Å²) in [6, 6.07) is 7.62. The zero-order chi connectivity index (χ0) is 16.5. The van der Waals surface area contributed by atoms with Gasteiger partial charge < -0.3 is 5.32 Å². The molecular formula is C14H10BrF3N2O2. The Kier molecular flexibility index (Phi) is 4.41. The predicted octanol–water partition coefficient (Wildman–Crippen LogP) is 5.43. The van der Waals surface area contributed by atoms with Crippen LogP contribution in [0.4, 0.5) is 30.2 Å². The van der Waals surface area contributed by atoms with Crippen LogP contribution in [0.3, 0.4) is 0 Å². The van der Waals surface area contributed by atoms with Crippen molar-refractivity contribution in [3.8, 4) is 0 Å². The summed E-state index contributed by atoms with van der Waals surface area (Å²) in [4.78, 5) is 10.2. The Morgan fingerprint density at radius 3 is 2.32 bits per heavy atom. The number of hydrogen-bond donors (Lipinski definition) is 1. The van der Waals surface area contributed by atoms with Crippen LogP contribution in [0, 0.1) is 17.0 Å². The Morgan fingerprint density at radius 1 is 1.14 bits per heavy atom. The molecule has 8 heteroatoms. The van der Waals surface area contributed by atoms with Gasteiger partial charge in [-0.3, -0.25) is 10.1 Å². The lowest BCUT2D eigenvalue weighted by Gasteiger charge is -2.12. The number of nitrogens with one attached hydrogen (secondary N) is 1. The molecule has 0 spiro atoms. The van der Waals surface area contributed by atoms with E-state index in [0.29, 0.717) is 16.2 Å². The van der Waals surface area contributed by atoms with Crippen molar-refractivity contribution in [2.24, 2.45) is 0 Å². The van der Waals surface area contributed by atoms with Crippen LogP contribution in [0.2, 0.25) is 0 Å². The molecule has 0 radical (unpaired) electrons. The highest BCUT2D eigenvalue weighted by atomic mass is 79.9. The summed E-state index contributed by atoms with van der Waals surface area (Å²) in [5.41, 5.74) is -0.217. The third kappa shape index (κ3) is 3.56. The number of aryl methyl sites for hydroxylation is 1. The van der Waals surface area contributed by atoms with Gasteiger partial charge in [0.25, 0.3) is 5.69 Å². The molecule has 0 aliphatic carbocycles. The van der Waals surface area contributed by atoms with E-state index in [9.17, 15) is 23.3 Å². The number of benzene rings is 2. The highest BCUT2D eigenvalue weighted by molar-refractivity contribution is 9.10. The third-order valence-electron chi connectivity index (χ3n) is 2.92. The smallest absolute Gasteiger partial charge is 0.349 e. The molecule has 0 bridgehead atoms. The van der Waals surface area contributed by atoms with Crippen molar-refractivity contribution in [2.75, 3.05) is 5.32 Å². The molecule has 0 saturated heterocycles. The maximum absolute atomic E-state index is 12.6. The number of nitrogens with zero attached hydrogens (tertiary/aromatic N) is 1. The van der Waals surface area contributed by atoms with Gasteiger partial charge >= 0.3 is 6.18 Å². The van der Waals surface area contributed by atoms with Gasteiger partial charge in [0.05, 0.1) is 16.2 Å². The van der Waals surface area contributed by atoms with Gasteiger partial charge in [-0.2, -0.15) is 13.2 Å². The second-order valence-electron chi connectivity index (χ2n) is 4.60. The highest BCUT2D eigenvalue weighted by Crippen LogP contribution is 2.37. The van der Waals surface area contributed by atoms with E-state index in [2.05, 4.69) is 21.2 Å². The van der Waals surface area contributed by atoms with Gasteiger partial charge in [-0.1, -0.05) is 6.07 Å². The number of nitro groups is 1. The third-order valence-corrected chi connectivity index (χ3v) is 3.57. The largest absolute Gasteiger partial charge is 0.416 e. The van der Waals surface area contributed by atoms with Crippen molar-refractivity contribution in [1.29, 1.82) is 0 Å². The van der Waals surface area contributed by atoms with Crippen LogP contribution in [0.5, 0.6) is 0 Å². The van der Waals surface area contributed by atoms with Crippen molar-refractivity contribution in [1.82, 2.24) is 0 Å². The summed E-state index contributed by atoms with van der Waals surface area (Å²) in [7, 11) is 0. The van der Waals surface area contributed by atoms with Crippen LogP contribution in [0.15, 0.2) is 40.9 Å². The summed E-state index contributed by atoms with van der Waals surface area (Å²) in [6.45, 7) is 1.87. The predicted molar refractivity (Wildman–Crippen MR) is 80.3 cm³/mol. The van der Waals surface area contributed by atoms with Crippen molar-refractivity contribution >= 4 is 33.0 Å². The molecule has 2 aromatic rings. The van der Waals surface area contributed by atoms with E-state index in [0.717, 1.165) is 17.7 Å². The van der Waals surface area contributed by atoms with E-state index >= 15 is 0 Å². The van der Waals surface area contributed by atoms with E-state index in [-0.39, 0.29) is 5.69 Å². The van der Waals surface area contributed by atoms with Crippen LogP contribution >= 0.6 is 15.9 Å². The summed E-state index contributed by atoms with van der Waals surface area (Å²) in [5, 5.41) is 13.8. The second-order valence-corrected chi connectivity index (χ2v) is 5.45. The Balaban J connectivity index is 2.44. The zero-order valence-corrected chi connectivity index (χ0v) is 12.8. The van der Waals surface area contributed by atoms with Crippen molar-refractivity contribution in [2.45, 2.75) is 13.1 Å². The van der Waals surface area contributed by atoms with Crippen molar-refractivity contribution in [3.63, 3.8) is 0 Å². The number of halogens is 4. The SMILES string of the molecule is Cc1ccc(Nc2ccc(C(F)(F)F)cc2[N+](=O)[O-])c(Br)c1. The molecule has 22 heavy (non-hydrogen) atoms. The Morgan fingerprint density at radius 2 is 1.77 bits per heavy atom. The van der Waals surface area contributed by atoms with E-state index < -0.39 is 22.4 Å². The highest BCUT2D eigenvalue weighted by Gasteiger charge is 2.33. The van der Waals surface area contributed by atoms with E-state index in [1.807, 2.05) is 6.92 Å². The summed E-state index contributed by atoms with van der Waals surface area (Å²) >= 11 is 3.30. The molecule has 0 saturated carbocycles. The van der Waals surface area contributed by atoms with E-state index in [4.69, 9.17) is 0 Å². The van der Waals surface area contributed by atoms with E-state index in [1.165, 1.54) is 0 Å². The van der Waals surface area contributed by atoms with Crippen LogP contribution < -0.4 is 5.32 Å². The summed E-state index contributed by atoms with van der Waals surface area (Å²) < 4.78 is 38.6. The Bertz CT molecular complexity index is 733. The molecule has 4 nitrogen and oxygen atoms in total. The topological polar surface area (TPSA) is 55.2 Å². The molecule has 2 rings (SSSR count). The fourth-order valence-corrected chi connectivity index (χ4v) is 2.42. The molecule has 116 valence electrons. The molecule has 0 atom stereocenters. The van der Waals surface area contributed by atoms with Gasteiger partial charge in [0, 0.05) is 10.5 Å². The first-order valence-electron chi connectivity index (χ1n) is 6.07. The van der Waals surface area contributed by atoms with Gasteiger partial charge in [0.1, 0.15) is 5.69 Å². The molecular weight excluding hydrogens is 365 g/mol. The second kappa shape index (κ2) is 5.96. The van der Waals surface area contributed by atoms with Crippen LogP contribution in [-0.2, 0) is 6.18 Å². The fourth-order valence-electron chi connectivity index (χ4n) is 1.83. The van der Waals surface area contributed by atoms with Crippen molar-refractivity contribution < 1.29 is 18.1 Å². The molecule has 0 heterocycles. The normalized spacial score (nSPS) is 11.3. The molecule has 0 unspecified atom stereocenters. The first kappa shape index (κ1) is 16.3. The summed E-state index contributed by atoms with van der Waals surface area (Å²) in [6.07, 6.45) is -4.63. The van der Waals surface area contributed by atoms with Gasteiger partial charge in [-0.05, 0) is 52.7 Å². The maximum atomic E-state index is 12.6. The molecule has 0 amide bonds. The number of alkyl halides is 3. The average molecular weight is 375 g/mol. The van der Waals surface area contributed by atoms with Crippen LogP contribution in [-0.4, -0.2) is 4.92 Å². The lowest BCUT2D eigenvalue weighted by atomic mass is 10.1. The maximum Gasteiger partial charge on any atom is 0.416 e. The first-order valence-corrected chi connectivity index (χ1v) is 6.86. The minimum Gasteiger partial charge on any atom is -0.349 e. The number of hydrogen-bond acceptors (Lipinski definition) is 3. The quantitative estimate of drug-likeness (QED) is 0.575. The van der Waals surface area contributed by atoms with Gasteiger partial charge in [0.15, 0.2) is 0 Å². The van der Waals surface area contributed by atoms with Gasteiger partial charge in [-0.25, -0.2) is 0 Å². The minimum absolute atomic E-state index is 0.0115. The molecule has 2 aromatic carbocycles. The summed E-state index contributed by atoms with van der Waals surface area (Å²) in [5.74, 6) is 0. The monoisotopic (exact) mass is 374 g/mol. The first-order chi connectivity index (χ1) is 10.2. The van der Waals surface area contributed by atoms with Gasteiger partial charge in [-0.15, -0.1) is 0 Å². The Hall–Kier alpha value is -2.09. The molecule has 1 N–H and O–H groups in total. The average Bonchev–Trinajstić information content (AvgIpc) is 2.40. The molecule has 0 aliphatic rings. The number of anilines is 2. The van der Waals surface area contributed by atoms with Crippen LogP contribution in [0.1, 0.15) is 11.1 Å². The minimum atomic E-state index is -4.63. The molecule has 0 aliphatic heterocycles. The lowest BCUT2D eigenvalue weighted by Crippen LogP contribution is -2.07. The van der Waals surface area contributed by atoms with Crippen LogP contribution in [0.25, 0.3) is 0 Å². The van der Waals surface area contributed by atoms with E-state index in [1.54, 1.807) is 18.2 Å². The molecule has 0 aromatic heterocycles. The van der Waals surface area contributed by atoms with Crippen molar-refractivity contribution in [3.05, 3.63) is 62.1 Å². The lowest BCUT2D eigenvalue weighted by molar-refractivity contribution is -0.384. The number of nitro benzene ring substituents is 1. The number of rotatable bonds is 3. The molecule has 0 fully saturated rings. The standard InChI is InChI=1S/C14H10BrF3N2O2/c1-8-2-4-11(10(15)6-8)19-12-5-3-9(14(16,17)18)7-13(12)20(21)22/h2-7,19H,1H3.